The van der Waals surface area contributed by atoms with Gasteiger partial charge in [-0.25, -0.2) is 4.39 Å². The number of rotatable bonds is 5. The minimum Gasteiger partial charge on any atom is -0.322 e. The van der Waals surface area contributed by atoms with Crippen LogP contribution < -0.4 is 10.6 Å². The van der Waals surface area contributed by atoms with Crippen molar-refractivity contribution in [1.82, 2.24) is 9.78 Å². The number of nitrogens with one attached hydrogen (secondary N) is 2. The molecule has 0 atom stereocenters. The highest BCUT2D eigenvalue weighted by molar-refractivity contribution is 6.05. The number of anilines is 2. The second-order valence-corrected chi connectivity index (χ2v) is 6.46. The van der Waals surface area contributed by atoms with Crippen LogP contribution in [0.3, 0.4) is 0 Å². The molecule has 0 saturated heterocycles. The molecule has 2 N–H and O–H groups in total. The maximum Gasteiger partial charge on any atom is 0.418 e. The summed E-state index contributed by atoms with van der Waals surface area (Å²) < 4.78 is 55.7. The molecule has 0 aliphatic carbocycles. The average Bonchev–Trinajstić information content (AvgIpc) is 3.12. The Morgan fingerprint density at radius 2 is 1.84 bits per heavy atom. The van der Waals surface area contributed by atoms with Crippen molar-refractivity contribution in [3.05, 3.63) is 83.4 Å². The van der Waals surface area contributed by atoms with Crippen molar-refractivity contribution < 1.29 is 27.2 Å². The molecule has 2 aromatic carbocycles. The standard InChI is InChI=1S/C21H16F4N4O2/c1-29-12-13(11-26-29)6-9-19(30)28-18-8-7-14(10-16(18)21(23,24)25)27-20(31)15-4-2-3-5-17(15)22/h2-12H,1H3,(H,27,31)(H,28,30). The van der Waals surface area contributed by atoms with E-state index < -0.39 is 35.1 Å². The number of aromatic nitrogens is 2. The Kier molecular flexibility index (Phi) is 6.19. The summed E-state index contributed by atoms with van der Waals surface area (Å²) in [7, 11) is 1.68. The maximum absolute atomic E-state index is 13.7. The van der Waals surface area contributed by atoms with Gasteiger partial charge in [-0.05, 0) is 36.4 Å². The zero-order chi connectivity index (χ0) is 22.6. The van der Waals surface area contributed by atoms with Crippen molar-refractivity contribution in [3.63, 3.8) is 0 Å². The van der Waals surface area contributed by atoms with E-state index >= 15 is 0 Å². The van der Waals surface area contributed by atoms with Crippen LogP contribution in [0.1, 0.15) is 21.5 Å². The van der Waals surface area contributed by atoms with Crippen LogP contribution in [0, 0.1) is 5.82 Å². The summed E-state index contributed by atoms with van der Waals surface area (Å²) in [6.45, 7) is 0. The number of aryl methyl sites for hydroxylation is 1. The number of alkyl halides is 3. The van der Waals surface area contributed by atoms with Crippen LogP contribution in [-0.2, 0) is 18.0 Å². The Hall–Kier alpha value is -3.95. The van der Waals surface area contributed by atoms with Crippen LogP contribution in [0.4, 0.5) is 28.9 Å². The molecule has 3 rings (SSSR count). The highest BCUT2D eigenvalue weighted by Gasteiger charge is 2.34. The van der Waals surface area contributed by atoms with E-state index in [1.807, 2.05) is 0 Å². The number of halogens is 4. The number of amides is 2. The lowest BCUT2D eigenvalue weighted by Crippen LogP contribution is -2.17. The molecule has 0 aliphatic heterocycles. The van der Waals surface area contributed by atoms with Crippen LogP contribution in [0.5, 0.6) is 0 Å². The molecule has 10 heteroatoms. The molecule has 160 valence electrons. The Balaban J connectivity index is 1.80. The molecule has 0 saturated carbocycles. The van der Waals surface area contributed by atoms with Gasteiger partial charge >= 0.3 is 6.18 Å². The lowest BCUT2D eigenvalue weighted by atomic mass is 10.1. The first kappa shape index (κ1) is 21.8. The van der Waals surface area contributed by atoms with E-state index in [0.29, 0.717) is 11.6 Å². The Labute approximate surface area is 174 Å². The first-order valence-electron chi connectivity index (χ1n) is 8.88. The average molecular weight is 432 g/mol. The molecule has 2 amide bonds. The SMILES string of the molecule is Cn1cc(C=CC(=O)Nc2ccc(NC(=O)c3ccccc3F)cc2C(F)(F)F)cn1. The van der Waals surface area contributed by atoms with Crippen LogP contribution in [0.15, 0.2) is 60.9 Å². The molecular formula is C21H16F4N4O2. The molecule has 0 bridgehead atoms. The molecular weight excluding hydrogens is 416 g/mol. The fourth-order valence-electron chi connectivity index (χ4n) is 2.68. The number of hydrogen-bond acceptors (Lipinski definition) is 3. The van der Waals surface area contributed by atoms with Gasteiger partial charge in [0.25, 0.3) is 5.91 Å². The summed E-state index contributed by atoms with van der Waals surface area (Å²) in [6.07, 6.45) is 0.772. The van der Waals surface area contributed by atoms with E-state index in [1.54, 1.807) is 13.2 Å². The van der Waals surface area contributed by atoms with Crippen LogP contribution >= 0.6 is 0 Å². The van der Waals surface area contributed by atoms with Crippen molar-refractivity contribution >= 4 is 29.3 Å². The summed E-state index contributed by atoms with van der Waals surface area (Å²) in [6, 6.07) is 7.93. The largest absolute Gasteiger partial charge is 0.418 e. The van der Waals surface area contributed by atoms with Gasteiger partial charge in [0, 0.05) is 30.6 Å². The summed E-state index contributed by atoms with van der Waals surface area (Å²) >= 11 is 0. The minimum atomic E-state index is -4.81. The monoisotopic (exact) mass is 432 g/mol. The van der Waals surface area contributed by atoms with Gasteiger partial charge in [-0.2, -0.15) is 18.3 Å². The molecule has 0 fully saturated rings. The third-order valence-corrected chi connectivity index (χ3v) is 4.11. The van der Waals surface area contributed by atoms with Crippen LogP contribution in [0.2, 0.25) is 0 Å². The van der Waals surface area contributed by atoms with Crippen molar-refractivity contribution in [2.24, 2.45) is 7.05 Å². The molecule has 0 radical (unpaired) electrons. The van der Waals surface area contributed by atoms with Gasteiger partial charge in [0.15, 0.2) is 0 Å². The van der Waals surface area contributed by atoms with E-state index in [-0.39, 0.29) is 11.3 Å². The number of benzene rings is 2. The predicted octanol–water partition coefficient (Wildman–Crippen LogP) is 4.48. The second kappa shape index (κ2) is 8.82. The number of carbonyl (C=O) groups is 2. The number of hydrogen-bond donors (Lipinski definition) is 2. The van der Waals surface area contributed by atoms with Crippen LogP contribution in [-0.4, -0.2) is 21.6 Å². The quantitative estimate of drug-likeness (QED) is 0.461. The van der Waals surface area contributed by atoms with Gasteiger partial charge < -0.3 is 10.6 Å². The molecule has 0 unspecified atom stereocenters. The topological polar surface area (TPSA) is 76.0 Å². The number of nitrogens with zero attached hydrogens (tertiary/aromatic N) is 2. The molecule has 6 nitrogen and oxygen atoms in total. The van der Waals surface area contributed by atoms with E-state index in [2.05, 4.69) is 15.7 Å². The summed E-state index contributed by atoms with van der Waals surface area (Å²) in [4.78, 5) is 24.2. The minimum absolute atomic E-state index is 0.204. The van der Waals surface area contributed by atoms with Crippen molar-refractivity contribution in [3.8, 4) is 0 Å². The van der Waals surface area contributed by atoms with Crippen LogP contribution in [0.25, 0.3) is 6.08 Å². The fourth-order valence-corrected chi connectivity index (χ4v) is 2.68. The Morgan fingerprint density at radius 3 is 2.48 bits per heavy atom. The molecule has 1 heterocycles. The molecule has 0 aliphatic rings. The zero-order valence-corrected chi connectivity index (χ0v) is 16.1. The second-order valence-electron chi connectivity index (χ2n) is 6.46. The van der Waals surface area contributed by atoms with Crippen molar-refractivity contribution in [2.45, 2.75) is 6.18 Å². The van der Waals surface area contributed by atoms with E-state index in [1.165, 1.54) is 41.2 Å². The smallest absolute Gasteiger partial charge is 0.322 e. The summed E-state index contributed by atoms with van der Waals surface area (Å²) in [5.74, 6) is -2.49. The van der Waals surface area contributed by atoms with Gasteiger partial charge in [0.2, 0.25) is 5.91 Å². The van der Waals surface area contributed by atoms with Gasteiger partial charge in [0.1, 0.15) is 5.82 Å². The summed E-state index contributed by atoms with van der Waals surface area (Å²) in [5.41, 5.74) is -1.57. The van der Waals surface area contributed by atoms with Gasteiger partial charge in [-0.15, -0.1) is 0 Å². The Morgan fingerprint density at radius 1 is 1.10 bits per heavy atom. The fraction of sp³-hybridized carbons (Fsp3) is 0.0952. The van der Waals surface area contributed by atoms with Crippen molar-refractivity contribution in [2.75, 3.05) is 10.6 Å². The maximum atomic E-state index is 13.7. The highest BCUT2D eigenvalue weighted by atomic mass is 19.4. The third-order valence-electron chi connectivity index (χ3n) is 4.11. The van der Waals surface area contributed by atoms with Gasteiger partial charge in [-0.3, -0.25) is 14.3 Å². The Bertz CT molecular complexity index is 1150. The molecule has 0 spiro atoms. The molecule has 1 aromatic heterocycles. The third kappa shape index (κ3) is 5.56. The predicted molar refractivity (Wildman–Crippen MR) is 107 cm³/mol. The van der Waals surface area contributed by atoms with Gasteiger partial charge in [0.05, 0.1) is 23.0 Å². The van der Waals surface area contributed by atoms with E-state index in [4.69, 9.17) is 0 Å². The molecule has 3 aromatic rings. The zero-order valence-electron chi connectivity index (χ0n) is 16.1. The normalized spacial score (nSPS) is 11.5. The number of carbonyl (C=O) groups excluding carboxylic acids is 2. The lowest BCUT2D eigenvalue weighted by Gasteiger charge is -2.15. The summed E-state index contributed by atoms with van der Waals surface area (Å²) in [5, 5.41) is 8.31. The first-order valence-corrected chi connectivity index (χ1v) is 8.88. The van der Waals surface area contributed by atoms with E-state index in [9.17, 15) is 27.2 Å². The van der Waals surface area contributed by atoms with Gasteiger partial charge in [-0.1, -0.05) is 12.1 Å². The van der Waals surface area contributed by atoms with Crippen molar-refractivity contribution in [1.29, 1.82) is 0 Å². The van der Waals surface area contributed by atoms with E-state index in [0.717, 1.165) is 18.2 Å². The molecule has 31 heavy (non-hydrogen) atoms. The first-order chi connectivity index (χ1) is 14.6. The lowest BCUT2D eigenvalue weighted by molar-refractivity contribution is -0.136. The highest BCUT2D eigenvalue weighted by Crippen LogP contribution is 2.36.